The summed E-state index contributed by atoms with van der Waals surface area (Å²) in [7, 11) is 1.64. The minimum Gasteiger partial charge on any atom is -0.495 e. The minimum absolute atomic E-state index is 0.276. The quantitative estimate of drug-likeness (QED) is 0.798. The molecule has 0 atom stereocenters. The van der Waals surface area contributed by atoms with Crippen LogP contribution in [0.5, 0.6) is 5.75 Å². The molecular weight excluding hydrogens is 176 g/mol. The van der Waals surface area contributed by atoms with Crippen LogP contribution in [0.1, 0.15) is 32.3 Å². The minimum atomic E-state index is -0.276. The van der Waals surface area contributed by atoms with Gasteiger partial charge in [-0.2, -0.15) is 0 Å². The summed E-state index contributed by atoms with van der Waals surface area (Å²) in [5.41, 5.74) is 7.01. The topological polar surface area (TPSA) is 48.1 Å². The van der Waals surface area contributed by atoms with Crippen LogP contribution >= 0.6 is 0 Å². The van der Waals surface area contributed by atoms with Gasteiger partial charge in [0.05, 0.1) is 13.3 Å². The van der Waals surface area contributed by atoms with Gasteiger partial charge in [0, 0.05) is 11.7 Å². The van der Waals surface area contributed by atoms with Gasteiger partial charge in [0.2, 0.25) is 0 Å². The third kappa shape index (κ3) is 2.04. The van der Waals surface area contributed by atoms with Gasteiger partial charge in [-0.3, -0.25) is 4.98 Å². The van der Waals surface area contributed by atoms with Gasteiger partial charge in [-0.1, -0.05) is 13.8 Å². The first-order valence-electron chi connectivity index (χ1n) is 4.94. The summed E-state index contributed by atoms with van der Waals surface area (Å²) in [4.78, 5) is 4.11. The van der Waals surface area contributed by atoms with Gasteiger partial charge in [0.15, 0.2) is 0 Å². The van der Waals surface area contributed by atoms with E-state index in [4.69, 9.17) is 10.5 Å². The molecule has 0 unspecified atom stereocenters. The van der Waals surface area contributed by atoms with E-state index in [-0.39, 0.29) is 5.54 Å². The summed E-state index contributed by atoms with van der Waals surface area (Å²) in [6, 6.07) is 1.96. The second-order valence-corrected chi connectivity index (χ2v) is 3.48. The Morgan fingerprint density at radius 1 is 1.36 bits per heavy atom. The zero-order valence-corrected chi connectivity index (χ0v) is 9.08. The van der Waals surface area contributed by atoms with Crippen LogP contribution in [-0.4, -0.2) is 12.1 Å². The summed E-state index contributed by atoms with van der Waals surface area (Å²) in [6.45, 7) is 4.17. The lowest BCUT2D eigenvalue weighted by atomic mass is 9.87. The summed E-state index contributed by atoms with van der Waals surface area (Å²) in [5, 5.41) is 0. The van der Waals surface area contributed by atoms with E-state index in [1.54, 1.807) is 13.3 Å². The number of rotatable bonds is 4. The van der Waals surface area contributed by atoms with E-state index in [1.165, 1.54) is 0 Å². The average Bonchev–Trinajstić information content (AvgIpc) is 2.28. The van der Waals surface area contributed by atoms with Gasteiger partial charge < -0.3 is 10.5 Å². The second-order valence-electron chi connectivity index (χ2n) is 3.48. The van der Waals surface area contributed by atoms with Gasteiger partial charge in [0.1, 0.15) is 5.75 Å². The van der Waals surface area contributed by atoms with E-state index < -0.39 is 0 Å². The molecule has 0 saturated carbocycles. The van der Waals surface area contributed by atoms with E-state index in [0.717, 1.165) is 24.2 Å². The molecule has 0 spiro atoms. The Labute approximate surface area is 85.3 Å². The van der Waals surface area contributed by atoms with Crippen molar-refractivity contribution in [2.45, 2.75) is 32.2 Å². The molecule has 0 radical (unpaired) electrons. The van der Waals surface area contributed by atoms with Gasteiger partial charge in [-0.25, -0.2) is 0 Å². The summed E-state index contributed by atoms with van der Waals surface area (Å²) in [6.07, 6.45) is 5.31. The number of hydrogen-bond donors (Lipinski definition) is 1. The number of methoxy groups -OCH3 is 1. The van der Waals surface area contributed by atoms with Crippen molar-refractivity contribution >= 4 is 0 Å². The van der Waals surface area contributed by atoms with E-state index in [9.17, 15) is 0 Å². The molecule has 14 heavy (non-hydrogen) atoms. The first-order chi connectivity index (χ1) is 6.66. The van der Waals surface area contributed by atoms with Crippen LogP contribution in [0.4, 0.5) is 0 Å². The molecule has 1 heterocycles. The number of ether oxygens (including phenoxy) is 1. The van der Waals surface area contributed by atoms with Gasteiger partial charge in [0.25, 0.3) is 0 Å². The molecule has 0 aliphatic rings. The predicted molar refractivity (Wildman–Crippen MR) is 57.2 cm³/mol. The zero-order chi connectivity index (χ0) is 10.6. The molecular formula is C11H18N2O. The van der Waals surface area contributed by atoms with Crippen LogP contribution in [-0.2, 0) is 5.54 Å². The summed E-state index contributed by atoms with van der Waals surface area (Å²) < 4.78 is 5.12. The molecule has 3 heteroatoms. The first-order valence-corrected chi connectivity index (χ1v) is 4.94. The largest absolute Gasteiger partial charge is 0.495 e. The summed E-state index contributed by atoms with van der Waals surface area (Å²) >= 11 is 0. The molecule has 0 aliphatic carbocycles. The average molecular weight is 194 g/mol. The molecule has 0 aromatic carbocycles. The van der Waals surface area contributed by atoms with E-state index in [0.29, 0.717) is 0 Å². The van der Waals surface area contributed by atoms with Crippen LogP contribution in [0.2, 0.25) is 0 Å². The first kappa shape index (κ1) is 11.0. The van der Waals surface area contributed by atoms with Crippen molar-refractivity contribution in [2.24, 2.45) is 5.73 Å². The van der Waals surface area contributed by atoms with Gasteiger partial charge >= 0.3 is 0 Å². The number of aromatic nitrogens is 1. The van der Waals surface area contributed by atoms with Crippen molar-refractivity contribution in [2.75, 3.05) is 7.11 Å². The molecule has 1 aromatic heterocycles. The highest BCUT2D eigenvalue weighted by molar-refractivity contribution is 5.28. The second kappa shape index (κ2) is 4.42. The fourth-order valence-electron chi connectivity index (χ4n) is 1.46. The highest BCUT2D eigenvalue weighted by atomic mass is 16.5. The molecule has 0 saturated heterocycles. The Kier molecular flexibility index (Phi) is 3.47. The monoisotopic (exact) mass is 194 g/mol. The van der Waals surface area contributed by atoms with Crippen LogP contribution in [0.3, 0.4) is 0 Å². The van der Waals surface area contributed by atoms with Crippen LogP contribution in [0.15, 0.2) is 18.5 Å². The van der Waals surface area contributed by atoms with Crippen molar-refractivity contribution < 1.29 is 4.74 Å². The normalized spacial score (nSPS) is 11.4. The number of hydrogen-bond acceptors (Lipinski definition) is 3. The summed E-state index contributed by atoms with van der Waals surface area (Å²) in [5.74, 6) is 0.763. The Bertz CT molecular complexity index is 295. The predicted octanol–water partition coefficient (Wildman–Crippen LogP) is 2.06. The van der Waals surface area contributed by atoms with E-state index >= 15 is 0 Å². The fourth-order valence-corrected chi connectivity index (χ4v) is 1.46. The zero-order valence-electron chi connectivity index (χ0n) is 9.08. The molecule has 0 bridgehead atoms. The van der Waals surface area contributed by atoms with Crippen molar-refractivity contribution in [1.82, 2.24) is 4.98 Å². The molecule has 0 amide bonds. The van der Waals surface area contributed by atoms with Crippen LogP contribution in [0.25, 0.3) is 0 Å². The maximum atomic E-state index is 6.25. The Balaban J connectivity index is 3.04. The lowest BCUT2D eigenvalue weighted by Gasteiger charge is -2.26. The molecule has 0 aliphatic heterocycles. The van der Waals surface area contributed by atoms with Gasteiger partial charge in [-0.15, -0.1) is 0 Å². The molecule has 3 nitrogen and oxygen atoms in total. The highest BCUT2D eigenvalue weighted by Crippen LogP contribution is 2.27. The number of nitrogens with zero attached hydrogens (tertiary/aromatic N) is 1. The molecule has 78 valence electrons. The van der Waals surface area contributed by atoms with Crippen molar-refractivity contribution in [1.29, 1.82) is 0 Å². The third-order valence-corrected chi connectivity index (χ3v) is 2.79. The van der Waals surface area contributed by atoms with Crippen molar-refractivity contribution in [3.63, 3.8) is 0 Å². The molecule has 0 fully saturated rings. The Morgan fingerprint density at radius 3 is 2.50 bits per heavy atom. The fraction of sp³-hybridized carbons (Fsp3) is 0.545. The van der Waals surface area contributed by atoms with Crippen molar-refractivity contribution in [3.8, 4) is 5.75 Å². The van der Waals surface area contributed by atoms with Crippen LogP contribution in [0, 0.1) is 0 Å². The molecule has 1 rings (SSSR count). The molecule has 2 N–H and O–H groups in total. The van der Waals surface area contributed by atoms with Gasteiger partial charge in [-0.05, 0) is 24.5 Å². The highest BCUT2D eigenvalue weighted by Gasteiger charge is 2.23. The maximum Gasteiger partial charge on any atom is 0.137 e. The number of nitrogens with two attached hydrogens (primary N) is 1. The maximum absolute atomic E-state index is 6.25. The SMILES string of the molecule is CCC(N)(CC)c1cncc(OC)c1. The number of pyridine rings is 1. The van der Waals surface area contributed by atoms with Crippen molar-refractivity contribution in [3.05, 3.63) is 24.0 Å². The lowest BCUT2D eigenvalue weighted by Crippen LogP contribution is -2.35. The van der Waals surface area contributed by atoms with E-state index in [2.05, 4.69) is 18.8 Å². The molecule has 1 aromatic rings. The third-order valence-electron chi connectivity index (χ3n) is 2.79. The smallest absolute Gasteiger partial charge is 0.137 e. The van der Waals surface area contributed by atoms with Crippen LogP contribution < -0.4 is 10.5 Å². The Hall–Kier alpha value is -1.09. The Morgan fingerprint density at radius 2 is 2.00 bits per heavy atom. The van der Waals surface area contributed by atoms with E-state index in [1.807, 2.05) is 12.3 Å². The lowest BCUT2D eigenvalue weighted by molar-refractivity contribution is 0.393. The standard InChI is InChI=1S/C11H18N2O/c1-4-11(12,5-2)9-6-10(14-3)8-13-7-9/h6-8H,4-5,12H2,1-3H3.